The second-order valence-electron chi connectivity index (χ2n) is 4.00. The van der Waals surface area contributed by atoms with Gasteiger partial charge >= 0.3 is 5.97 Å². The third-order valence-electron chi connectivity index (χ3n) is 2.54. The average Bonchev–Trinajstić information content (AvgIpc) is 2.77. The molecule has 17 heavy (non-hydrogen) atoms. The van der Waals surface area contributed by atoms with Crippen LogP contribution in [0.2, 0.25) is 0 Å². The molecular formula is C12H19NO4. The van der Waals surface area contributed by atoms with Gasteiger partial charge in [0.15, 0.2) is 0 Å². The Hall–Kier alpha value is -1.33. The molecule has 0 amide bonds. The Morgan fingerprint density at radius 2 is 2.24 bits per heavy atom. The Morgan fingerprint density at radius 3 is 2.82 bits per heavy atom. The molecule has 0 fully saturated rings. The van der Waals surface area contributed by atoms with Gasteiger partial charge in [0.25, 0.3) is 0 Å². The van der Waals surface area contributed by atoms with E-state index < -0.39 is 5.97 Å². The summed E-state index contributed by atoms with van der Waals surface area (Å²) >= 11 is 0. The average molecular weight is 241 g/mol. The maximum Gasteiger partial charge on any atom is 0.373 e. The third kappa shape index (κ3) is 3.87. The van der Waals surface area contributed by atoms with Crippen LogP contribution in [0, 0.1) is 0 Å². The van der Waals surface area contributed by atoms with Crippen LogP contribution in [-0.4, -0.2) is 30.8 Å². The number of nitrogens with one attached hydrogen (secondary N) is 1. The predicted molar refractivity (Wildman–Crippen MR) is 62.8 cm³/mol. The Balaban J connectivity index is 2.60. The maximum atomic E-state index is 11.2. The summed E-state index contributed by atoms with van der Waals surface area (Å²) in [6, 6.07) is 3.50. The minimum atomic E-state index is -0.480. The molecule has 0 radical (unpaired) electrons. The van der Waals surface area contributed by atoms with Gasteiger partial charge in [-0.25, -0.2) is 4.79 Å². The number of aliphatic hydroxyl groups excluding tert-OH is 1. The molecule has 1 aromatic heterocycles. The zero-order valence-corrected chi connectivity index (χ0v) is 10.4. The van der Waals surface area contributed by atoms with Crippen molar-refractivity contribution >= 4 is 5.97 Å². The third-order valence-corrected chi connectivity index (χ3v) is 2.54. The number of hydrogen-bond donors (Lipinski definition) is 2. The first kappa shape index (κ1) is 13.7. The van der Waals surface area contributed by atoms with Crippen molar-refractivity contribution in [2.75, 3.05) is 13.7 Å². The molecule has 5 nitrogen and oxygen atoms in total. The van der Waals surface area contributed by atoms with Crippen molar-refractivity contribution in [3.63, 3.8) is 0 Å². The van der Waals surface area contributed by atoms with E-state index in [1.165, 1.54) is 7.11 Å². The van der Waals surface area contributed by atoms with Gasteiger partial charge < -0.3 is 19.6 Å². The first-order valence-electron chi connectivity index (χ1n) is 5.63. The number of rotatable bonds is 6. The van der Waals surface area contributed by atoms with E-state index in [0.29, 0.717) is 12.2 Å². The number of carbonyl (C=O) groups excluding carboxylic acids is 1. The van der Waals surface area contributed by atoms with Gasteiger partial charge in [0, 0.05) is 12.6 Å². The van der Waals surface area contributed by atoms with Crippen molar-refractivity contribution in [3.05, 3.63) is 23.7 Å². The fourth-order valence-electron chi connectivity index (χ4n) is 1.58. The van der Waals surface area contributed by atoms with E-state index in [0.717, 1.165) is 0 Å². The van der Waals surface area contributed by atoms with E-state index in [-0.39, 0.29) is 24.5 Å². The number of carbonyl (C=O) groups is 1. The molecular weight excluding hydrogens is 222 g/mol. The molecule has 0 saturated heterocycles. The molecule has 0 aliphatic rings. The first-order chi connectivity index (χ1) is 8.08. The molecule has 5 heteroatoms. The summed E-state index contributed by atoms with van der Waals surface area (Å²) in [6.45, 7) is 4.07. The molecule has 2 N–H and O–H groups in total. The lowest BCUT2D eigenvalue weighted by Crippen LogP contribution is -2.29. The fourth-order valence-corrected chi connectivity index (χ4v) is 1.58. The lowest BCUT2D eigenvalue weighted by Gasteiger charge is -2.17. The van der Waals surface area contributed by atoms with Crippen molar-refractivity contribution in [2.24, 2.45) is 0 Å². The van der Waals surface area contributed by atoms with Gasteiger partial charge in [-0.05, 0) is 32.4 Å². The van der Waals surface area contributed by atoms with Crippen LogP contribution in [0.4, 0.5) is 0 Å². The molecule has 1 heterocycles. The van der Waals surface area contributed by atoms with E-state index in [9.17, 15) is 4.79 Å². The van der Waals surface area contributed by atoms with Crippen LogP contribution in [0.1, 0.15) is 42.6 Å². The number of ether oxygens (including phenoxy) is 1. The maximum absolute atomic E-state index is 11.2. The first-order valence-corrected chi connectivity index (χ1v) is 5.63. The lowest BCUT2D eigenvalue weighted by molar-refractivity contribution is 0.0562. The van der Waals surface area contributed by atoms with Crippen LogP contribution in [0.25, 0.3) is 0 Å². The van der Waals surface area contributed by atoms with Crippen molar-refractivity contribution in [1.82, 2.24) is 5.32 Å². The lowest BCUT2D eigenvalue weighted by atomic mass is 10.2. The van der Waals surface area contributed by atoms with Gasteiger partial charge in [-0.3, -0.25) is 0 Å². The highest BCUT2D eigenvalue weighted by Crippen LogP contribution is 2.17. The number of hydrogen-bond acceptors (Lipinski definition) is 5. The van der Waals surface area contributed by atoms with Crippen molar-refractivity contribution in [2.45, 2.75) is 32.4 Å². The van der Waals surface area contributed by atoms with Crippen LogP contribution in [-0.2, 0) is 4.74 Å². The van der Waals surface area contributed by atoms with Gasteiger partial charge in [0.2, 0.25) is 5.76 Å². The Morgan fingerprint density at radius 1 is 1.53 bits per heavy atom. The quantitative estimate of drug-likeness (QED) is 0.738. The smallest absolute Gasteiger partial charge is 0.373 e. The molecule has 1 rings (SSSR count). The summed E-state index contributed by atoms with van der Waals surface area (Å²) in [6.07, 6.45) is 0.676. The molecule has 96 valence electrons. The monoisotopic (exact) mass is 241 g/mol. The highest BCUT2D eigenvalue weighted by atomic mass is 16.5. The summed E-state index contributed by atoms with van der Waals surface area (Å²) < 4.78 is 9.94. The van der Waals surface area contributed by atoms with Gasteiger partial charge in [-0.1, -0.05) is 0 Å². The summed E-state index contributed by atoms with van der Waals surface area (Å²) in [5.74, 6) is 0.396. The Labute approximate surface area is 101 Å². The van der Waals surface area contributed by atoms with Crippen molar-refractivity contribution < 1.29 is 19.1 Å². The fraction of sp³-hybridized carbons (Fsp3) is 0.583. The van der Waals surface area contributed by atoms with Gasteiger partial charge in [0.05, 0.1) is 13.2 Å². The predicted octanol–water partition coefficient (Wildman–Crippen LogP) is 1.49. The molecule has 1 aromatic rings. The standard InChI is InChI=1S/C12H19NO4/c1-8(6-7-14)13-9(2)10-4-5-11(17-10)12(15)16-3/h4-5,8-9,13-14H,6-7H2,1-3H3. The SMILES string of the molecule is COC(=O)c1ccc(C(C)NC(C)CCO)o1. The topological polar surface area (TPSA) is 71.7 Å². The highest BCUT2D eigenvalue weighted by molar-refractivity contribution is 5.86. The summed E-state index contributed by atoms with van der Waals surface area (Å²) in [5.41, 5.74) is 0. The second-order valence-corrected chi connectivity index (χ2v) is 4.00. The zero-order valence-electron chi connectivity index (χ0n) is 10.4. The molecule has 0 aliphatic carbocycles. The molecule has 2 unspecified atom stereocenters. The largest absolute Gasteiger partial charge is 0.463 e. The van der Waals surface area contributed by atoms with E-state index in [1.807, 2.05) is 13.8 Å². The number of methoxy groups -OCH3 is 1. The van der Waals surface area contributed by atoms with Crippen LogP contribution in [0.3, 0.4) is 0 Å². The van der Waals surface area contributed by atoms with E-state index >= 15 is 0 Å². The van der Waals surface area contributed by atoms with E-state index in [2.05, 4.69) is 10.1 Å². The second kappa shape index (κ2) is 6.42. The van der Waals surface area contributed by atoms with Crippen LogP contribution < -0.4 is 5.32 Å². The molecule has 0 aliphatic heterocycles. The van der Waals surface area contributed by atoms with Gasteiger partial charge in [-0.2, -0.15) is 0 Å². The van der Waals surface area contributed by atoms with Crippen molar-refractivity contribution in [3.8, 4) is 0 Å². The summed E-state index contributed by atoms with van der Waals surface area (Å²) in [5, 5.41) is 12.1. The van der Waals surface area contributed by atoms with E-state index in [1.54, 1.807) is 12.1 Å². The number of furan rings is 1. The Kier molecular flexibility index (Phi) is 5.18. The normalized spacial score (nSPS) is 14.4. The van der Waals surface area contributed by atoms with Gasteiger partial charge in [-0.15, -0.1) is 0 Å². The zero-order chi connectivity index (χ0) is 12.8. The molecule has 2 atom stereocenters. The molecule has 0 saturated carbocycles. The molecule has 0 aromatic carbocycles. The van der Waals surface area contributed by atoms with Gasteiger partial charge in [0.1, 0.15) is 5.76 Å². The van der Waals surface area contributed by atoms with Crippen LogP contribution in [0.5, 0.6) is 0 Å². The highest BCUT2D eigenvalue weighted by Gasteiger charge is 2.16. The summed E-state index contributed by atoms with van der Waals surface area (Å²) in [7, 11) is 1.32. The minimum absolute atomic E-state index is 0.0186. The minimum Gasteiger partial charge on any atom is -0.463 e. The van der Waals surface area contributed by atoms with Crippen LogP contribution >= 0.6 is 0 Å². The number of esters is 1. The van der Waals surface area contributed by atoms with E-state index in [4.69, 9.17) is 9.52 Å². The van der Waals surface area contributed by atoms with Crippen molar-refractivity contribution in [1.29, 1.82) is 0 Å². The summed E-state index contributed by atoms with van der Waals surface area (Å²) in [4.78, 5) is 11.2. The van der Waals surface area contributed by atoms with Crippen LogP contribution in [0.15, 0.2) is 16.5 Å². The molecule has 0 bridgehead atoms. The Bertz CT molecular complexity index is 361. The number of aliphatic hydroxyl groups is 1. The molecule has 0 spiro atoms.